The van der Waals surface area contributed by atoms with E-state index in [1.54, 1.807) is 7.11 Å². The lowest BCUT2D eigenvalue weighted by molar-refractivity contribution is -0.000242. The van der Waals surface area contributed by atoms with Gasteiger partial charge in [-0.05, 0) is 25.2 Å². The molecule has 0 aromatic rings. The molecule has 70 valence electrons. The summed E-state index contributed by atoms with van der Waals surface area (Å²) in [5.74, 6) is 0.816. The zero-order valence-corrected chi connectivity index (χ0v) is 7.75. The van der Waals surface area contributed by atoms with Crippen LogP contribution in [0.25, 0.3) is 0 Å². The SMILES string of the molecule is COCC(O)C12CCCCC1C2. The number of aliphatic hydroxyl groups is 1. The summed E-state index contributed by atoms with van der Waals surface area (Å²) in [5, 5.41) is 9.85. The van der Waals surface area contributed by atoms with Gasteiger partial charge in [0.15, 0.2) is 0 Å². The molecule has 2 aliphatic rings. The molecular formula is C10H18O2. The van der Waals surface area contributed by atoms with E-state index in [0.29, 0.717) is 6.61 Å². The molecule has 0 amide bonds. The van der Waals surface area contributed by atoms with Crippen LogP contribution in [-0.4, -0.2) is 24.9 Å². The topological polar surface area (TPSA) is 29.5 Å². The second-order valence-electron chi connectivity index (χ2n) is 4.35. The average Bonchev–Trinajstić information content (AvgIpc) is 2.79. The lowest BCUT2D eigenvalue weighted by Gasteiger charge is -2.26. The van der Waals surface area contributed by atoms with E-state index in [-0.39, 0.29) is 11.5 Å². The van der Waals surface area contributed by atoms with Crippen LogP contribution in [0.4, 0.5) is 0 Å². The molecular weight excluding hydrogens is 152 g/mol. The standard InChI is InChI=1S/C10H18O2/c1-12-7-9(11)10-5-3-2-4-8(10)6-10/h8-9,11H,2-7H2,1H3. The molecule has 2 aliphatic carbocycles. The van der Waals surface area contributed by atoms with E-state index in [1.807, 2.05) is 0 Å². The van der Waals surface area contributed by atoms with Crippen molar-refractivity contribution in [2.24, 2.45) is 11.3 Å². The molecule has 0 saturated heterocycles. The Bertz CT molecular complexity index is 169. The van der Waals surface area contributed by atoms with E-state index in [2.05, 4.69) is 0 Å². The van der Waals surface area contributed by atoms with Crippen LogP contribution in [0.5, 0.6) is 0 Å². The van der Waals surface area contributed by atoms with Crippen LogP contribution in [0, 0.1) is 11.3 Å². The van der Waals surface area contributed by atoms with E-state index >= 15 is 0 Å². The van der Waals surface area contributed by atoms with Gasteiger partial charge in [-0.1, -0.05) is 12.8 Å². The predicted octanol–water partition coefficient (Wildman–Crippen LogP) is 1.57. The summed E-state index contributed by atoms with van der Waals surface area (Å²) < 4.78 is 5.00. The molecule has 0 spiro atoms. The summed E-state index contributed by atoms with van der Waals surface area (Å²) in [6, 6.07) is 0. The number of ether oxygens (including phenoxy) is 1. The Kier molecular flexibility index (Phi) is 2.13. The fourth-order valence-corrected chi connectivity index (χ4v) is 2.84. The van der Waals surface area contributed by atoms with Crippen molar-refractivity contribution in [2.75, 3.05) is 13.7 Å². The molecule has 2 rings (SSSR count). The van der Waals surface area contributed by atoms with Crippen LogP contribution in [0.15, 0.2) is 0 Å². The van der Waals surface area contributed by atoms with Crippen LogP contribution in [0.3, 0.4) is 0 Å². The minimum Gasteiger partial charge on any atom is -0.390 e. The van der Waals surface area contributed by atoms with Crippen LogP contribution in [0.2, 0.25) is 0 Å². The van der Waals surface area contributed by atoms with Crippen molar-refractivity contribution in [2.45, 2.75) is 38.2 Å². The van der Waals surface area contributed by atoms with E-state index < -0.39 is 0 Å². The van der Waals surface area contributed by atoms with Gasteiger partial charge in [-0.15, -0.1) is 0 Å². The van der Waals surface area contributed by atoms with Gasteiger partial charge in [0.2, 0.25) is 0 Å². The lowest BCUT2D eigenvalue weighted by Crippen LogP contribution is -2.30. The van der Waals surface area contributed by atoms with Crippen LogP contribution in [0.1, 0.15) is 32.1 Å². The molecule has 0 heterocycles. The summed E-state index contributed by atoms with van der Waals surface area (Å²) in [5.41, 5.74) is 0.286. The van der Waals surface area contributed by atoms with Gasteiger partial charge in [0.05, 0.1) is 12.7 Å². The molecule has 2 saturated carbocycles. The molecule has 0 bridgehead atoms. The first-order chi connectivity index (χ1) is 5.79. The lowest BCUT2D eigenvalue weighted by atomic mass is 9.84. The van der Waals surface area contributed by atoms with Crippen molar-refractivity contribution < 1.29 is 9.84 Å². The third-order valence-electron chi connectivity index (χ3n) is 3.71. The predicted molar refractivity (Wildman–Crippen MR) is 46.9 cm³/mol. The maximum atomic E-state index is 9.85. The fraction of sp³-hybridized carbons (Fsp3) is 1.00. The number of hydrogen-bond acceptors (Lipinski definition) is 2. The molecule has 2 fully saturated rings. The zero-order chi connectivity index (χ0) is 8.60. The van der Waals surface area contributed by atoms with Crippen LogP contribution < -0.4 is 0 Å². The second kappa shape index (κ2) is 3.00. The third-order valence-corrected chi connectivity index (χ3v) is 3.71. The first kappa shape index (κ1) is 8.52. The molecule has 2 nitrogen and oxygen atoms in total. The Hall–Kier alpha value is -0.0800. The molecule has 2 heteroatoms. The fourth-order valence-electron chi connectivity index (χ4n) is 2.84. The van der Waals surface area contributed by atoms with Crippen molar-refractivity contribution in [3.8, 4) is 0 Å². The number of methoxy groups -OCH3 is 1. The largest absolute Gasteiger partial charge is 0.390 e. The van der Waals surface area contributed by atoms with Gasteiger partial charge in [0, 0.05) is 12.5 Å². The van der Waals surface area contributed by atoms with Gasteiger partial charge in [0.1, 0.15) is 0 Å². The highest BCUT2D eigenvalue weighted by Crippen LogP contribution is 2.63. The summed E-state index contributed by atoms with van der Waals surface area (Å²) >= 11 is 0. The Morgan fingerprint density at radius 2 is 2.42 bits per heavy atom. The molecule has 12 heavy (non-hydrogen) atoms. The highest BCUT2D eigenvalue weighted by Gasteiger charge is 2.58. The van der Waals surface area contributed by atoms with Gasteiger partial charge in [-0.2, -0.15) is 0 Å². The summed E-state index contributed by atoms with van der Waals surface area (Å²) in [4.78, 5) is 0. The van der Waals surface area contributed by atoms with Crippen LogP contribution >= 0.6 is 0 Å². The van der Waals surface area contributed by atoms with Gasteiger partial charge >= 0.3 is 0 Å². The maximum Gasteiger partial charge on any atom is 0.0832 e. The Morgan fingerprint density at radius 3 is 3.08 bits per heavy atom. The van der Waals surface area contributed by atoms with Gasteiger partial charge in [-0.3, -0.25) is 0 Å². The Morgan fingerprint density at radius 1 is 1.58 bits per heavy atom. The molecule has 1 N–H and O–H groups in total. The first-order valence-corrected chi connectivity index (χ1v) is 4.96. The Balaban J connectivity index is 1.94. The van der Waals surface area contributed by atoms with Crippen molar-refractivity contribution in [3.05, 3.63) is 0 Å². The summed E-state index contributed by atoms with van der Waals surface area (Å²) in [7, 11) is 1.67. The van der Waals surface area contributed by atoms with E-state index in [4.69, 9.17) is 4.74 Å². The highest BCUT2D eigenvalue weighted by molar-refractivity contribution is 5.08. The average molecular weight is 170 g/mol. The molecule has 0 aliphatic heterocycles. The van der Waals surface area contributed by atoms with Crippen LogP contribution in [-0.2, 0) is 4.74 Å². The van der Waals surface area contributed by atoms with Crippen molar-refractivity contribution in [1.29, 1.82) is 0 Å². The highest BCUT2D eigenvalue weighted by atomic mass is 16.5. The van der Waals surface area contributed by atoms with Gasteiger partial charge in [-0.25, -0.2) is 0 Å². The summed E-state index contributed by atoms with van der Waals surface area (Å²) in [6.45, 7) is 0.524. The molecule has 3 unspecified atom stereocenters. The van der Waals surface area contributed by atoms with Crippen molar-refractivity contribution in [1.82, 2.24) is 0 Å². The molecule has 0 radical (unpaired) electrons. The quantitative estimate of drug-likeness (QED) is 0.696. The maximum absolute atomic E-state index is 9.85. The van der Waals surface area contributed by atoms with Gasteiger partial charge < -0.3 is 9.84 Å². The molecule has 0 aromatic heterocycles. The second-order valence-corrected chi connectivity index (χ2v) is 4.35. The normalized spacial score (nSPS) is 42.0. The molecule has 0 aromatic carbocycles. The first-order valence-electron chi connectivity index (χ1n) is 4.96. The Labute approximate surface area is 73.9 Å². The van der Waals surface area contributed by atoms with Crippen molar-refractivity contribution >= 4 is 0 Å². The van der Waals surface area contributed by atoms with E-state index in [9.17, 15) is 5.11 Å². The summed E-state index contributed by atoms with van der Waals surface area (Å²) in [6.07, 6.45) is 6.27. The smallest absolute Gasteiger partial charge is 0.0832 e. The molecule has 3 atom stereocenters. The third kappa shape index (κ3) is 1.17. The van der Waals surface area contributed by atoms with Gasteiger partial charge in [0.25, 0.3) is 0 Å². The minimum absolute atomic E-state index is 0.201. The number of aliphatic hydroxyl groups excluding tert-OH is 1. The minimum atomic E-state index is -0.201. The monoisotopic (exact) mass is 170 g/mol. The number of rotatable bonds is 3. The zero-order valence-electron chi connectivity index (χ0n) is 7.75. The van der Waals surface area contributed by atoms with E-state index in [0.717, 1.165) is 5.92 Å². The van der Waals surface area contributed by atoms with Crippen molar-refractivity contribution in [3.63, 3.8) is 0 Å². The number of hydrogen-bond donors (Lipinski definition) is 1. The van der Waals surface area contributed by atoms with E-state index in [1.165, 1.54) is 32.1 Å². The number of fused-ring (bicyclic) bond motifs is 1.